The molecule has 2 heterocycles. The summed E-state index contributed by atoms with van der Waals surface area (Å²) in [5, 5.41) is 10.1. The second-order valence-electron chi connectivity index (χ2n) is 8.82. The Morgan fingerprint density at radius 1 is 1.11 bits per heavy atom. The first-order valence-electron chi connectivity index (χ1n) is 11.5. The fourth-order valence-electron chi connectivity index (χ4n) is 5.01. The zero-order valence-electron chi connectivity index (χ0n) is 18.7. The highest BCUT2D eigenvalue weighted by atomic mass is 19.1. The summed E-state index contributed by atoms with van der Waals surface area (Å²) in [6, 6.07) is 18.0. The van der Waals surface area contributed by atoms with Gasteiger partial charge in [-0.2, -0.15) is 0 Å². The second kappa shape index (κ2) is 8.58. The van der Waals surface area contributed by atoms with Crippen LogP contribution in [0.25, 0.3) is 10.9 Å². The lowest BCUT2D eigenvalue weighted by Crippen LogP contribution is -2.07. The number of nitrogens with zero attached hydrogens (tertiary/aromatic N) is 1. The lowest BCUT2D eigenvalue weighted by atomic mass is 9.98. The standard InChI is InChI=1S/C28H22FNO5/c29-21-9-11-22(35-24-5-1-3-16-4-2-12-30-28(16)24)20-8-10-23(27(20)21)34-18-6-7-19-17(13-26(31)32)15-33-25(19)14-18/h1-7,9,11-12,14,17,23H,8,10,13,15H2,(H,31,32)/t17?,23-/m1/s1. The molecule has 0 amide bonds. The number of rotatable bonds is 6. The molecule has 4 aromatic rings. The third kappa shape index (κ3) is 3.93. The van der Waals surface area contributed by atoms with Crippen molar-refractivity contribution >= 4 is 16.9 Å². The van der Waals surface area contributed by atoms with Crippen LogP contribution in [0.2, 0.25) is 0 Å². The molecular weight excluding hydrogens is 449 g/mol. The van der Waals surface area contributed by atoms with Gasteiger partial charge in [-0.25, -0.2) is 4.39 Å². The molecule has 0 fully saturated rings. The predicted molar refractivity (Wildman–Crippen MR) is 127 cm³/mol. The van der Waals surface area contributed by atoms with E-state index in [0.29, 0.717) is 48.0 Å². The molecule has 1 aromatic heterocycles. The van der Waals surface area contributed by atoms with Gasteiger partial charge in [0.05, 0.1) is 13.0 Å². The van der Waals surface area contributed by atoms with E-state index in [9.17, 15) is 9.18 Å². The highest BCUT2D eigenvalue weighted by molar-refractivity contribution is 5.84. The minimum atomic E-state index is -0.859. The number of para-hydroxylation sites is 1. The highest BCUT2D eigenvalue weighted by Crippen LogP contribution is 2.44. The highest BCUT2D eigenvalue weighted by Gasteiger charge is 2.32. The summed E-state index contributed by atoms with van der Waals surface area (Å²) in [7, 11) is 0. The summed E-state index contributed by atoms with van der Waals surface area (Å²) in [6.07, 6.45) is 2.50. The largest absolute Gasteiger partial charge is 0.492 e. The predicted octanol–water partition coefficient (Wildman–Crippen LogP) is 6.18. The first-order valence-corrected chi connectivity index (χ1v) is 11.5. The van der Waals surface area contributed by atoms with Gasteiger partial charge >= 0.3 is 5.97 Å². The van der Waals surface area contributed by atoms with Gasteiger partial charge in [-0.1, -0.05) is 24.3 Å². The van der Waals surface area contributed by atoms with E-state index < -0.39 is 12.1 Å². The van der Waals surface area contributed by atoms with Crippen LogP contribution >= 0.6 is 0 Å². The van der Waals surface area contributed by atoms with E-state index in [1.807, 2.05) is 36.4 Å². The van der Waals surface area contributed by atoms with Crippen LogP contribution in [-0.4, -0.2) is 22.7 Å². The van der Waals surface area contributed by atoms with Crippen molar-refractivity contribution in [3.63, 3.8) is 0 Å². The number of halogens is 1. The zero-order valence-corrected chi connectivity index (χ0v) is 18.7. The molecule has 1 unspecified atom stereocenters. The van der Waals surface area contributed by atoms with Gasteiger partial charge in [0, 0.05) is 40.3 Å². The molecule has 1 N–H and O–H groups in total. The van der Waals surface area contributed by atoms with E-state index in [1.165, 1.54) is 6.07 Å². The SMILES string of the molecule is O=C(O)CC1COc2cc(O[C@@H]3CCc4c(Oc5cccc6cccnc56)ccc(F)c43)ccc21. The van der Waals surface area contributed by atoms with E-state index >= 15 is 0 Å². The topological polar surface area (TPSA) is 77.9 Å². The van der Waals surface area contributed by atoms with Gasteiger partial charge in [0.1, 0.15) is 34.7 Å². The molecule has 3 aromatic carbocycles. The maximum atomic E-state index is 15.0. The Balaban J connectivity index is 1.27. The molecule has 0 spiro atoms. The number of hydrogen-bond acceptors (Lipinski definition) is 5. The average molecular weight is 471 g/mol. The summed E-state index contributed by atoms with van der Waals surface area (Å²) < 4.78 is 33.1. The van der Waals surface area contributed by atoms with E-state index in [-0.39, 0.29) is 18.2 Å². The summed E-state index contributed by atoms with van der Waals surface area (Å²) in [5.74, 6) is 1.03. The Morgan fingerprint density at radius 3 is 2.89 bits per heavy atom. The van der Waals surface area contributed by atoms with Gasteiger partial charge in [0.15, 0.2) is 5.75 Å². The van der Waals surface area contributed by atoms with Gasteiger partial charge in [-0.15, -0.1) is 0 Å². The number of aliphatic carboxylic acids is 1. The Kier molecular flexibility index (Phi) is 5.25. The molecule has 0 radical (unpaired) electrons. The quantitative estimate of drug-likeness (QED) is 0.362. The van der Waals surface area contributed by atoms with Crippen molar-refractivity contribution in [3.05, 3.63) is 89.4 Å². The molecule has 2 atom stereocenters. The summed E-state index contributed by atoms with van der Waals surface area (Å²) >= 11 is 0. The minimum absolute atomic E-state index is 0.0173. The van der Waals surface area contributed by atoms with Crippen molar-refractivity contribution < 1.29 is 28.5 Å². The van der Waals surface area contributed by atoms with Crippen molar-refractivity contribution in [2.45, 2.75) is 31.3 Å². The molecule has 35 heavy (non-hydrogen) atoms. The van der Waals surface area contributed by atoms with Gasteiger partial charge < -0.3 is 19.3 Å². The first kappa shape index (κ1) is 21.4. The Labute approximate surface area is 200 Å². The molecule has 0 saturated heterocycles. The van der Waals surface area contributed by atoms with Crippen LogP contribution in [0.3, 0.4) is 0 Å². The van der Waals surface area contributed by atoms with E-state index in [0.717, 1.165) is 22.0 Å². The number of ether oxygens (including phenoxy) is 3. The van der Waals surface area contributed by atoms with Crippen LogP contribution < -0.4 is 14.2 Å². The van der Waals surface area contributed by atoms with Gasteiger partial charge in [-0.3, -0.25) is 9.78 Å². The molecule has 6 nitrogen and oxygen atoms in total. The van der Waals surface area contributed by atoms with E-state index in [4.69, 9.17) is 19.3 Å². The van der Waals surface area contributed by atoms with E-state index in [2.05, 4.69) is 4.98 Å². The fraction of sp³-hybridized carbons (Fsp3) is 0.214. The Hall–Kier alpha value is -4.13. The molecule has 1 aliphatic carbocycles. The number of carboxylic acids is 1. The van der Waals surface area contributed by atoms with Crippen molar-refractivity contribution in [2.75, 3.05) is 6.61 Å². The molecule has 6 rings (SSSR count). The smallest absolute Gasteiger partial charge is 0.304 e. The van der Waals surface area contributed by atoms with Gasteiger partial charge in [0.2, 0.25) is 0 Å². The third-order valence-electron chi connectivity index (χ3n) is 6.62. The third-order valence-corrected chi connectivity index (χ3v) is 6.62. The van der Waals surface area contributed by atoms with Crippen LogP contribution in [0.15, 0.2) is 66.9 Å². The van der Waals surface area contributed by atoms with Crippen LogP contribution in [0.4, 0.5) is 4.39 Å². The van der Waals surface area contributed by atoms with Crippen LogP contribution in [0.5, 0.6) is 23.0 Å². The minimum Gasteiger partial charge on any atom is -0.492 e. The number of hydrogen-bond donors (Lipinski definition) is 1. The van der Waals surface area contributed by atoms with Gasteiger partial charge in [-0.05, 0) is 43.2 Å². The normalized spacial score (nSPS) is 18.1. The molecule has 0 saturated carbocycles. The molecular formula is C28H22FNO5. The van der Waals surface area contributed by atoms with Crippen molar-refractivity contribution in [3.8, 4) is 23.0 Å². The zero-order chi connectivity index (χ0) is 23.9. The van der Waals surface area contributed by atoms with Crippen LogP contribution in [0.1, 0.15) is 41.6 Å². The lowest BCUT2D eigenvalue weighted by molar-refractivity contribution is -0.137. The van der Waals surface area contributed by atoms with Crippen LogP contribution in [-0.2, 0) is 11.2 Å². The molecule has 2 aliphatic rings. The summed E-state index contributed by atoms with van der Waals surface area (Å²) in [4.78, 5) is 15.5. The number of benzene rings is 3. The second-order valence-corrected chi connectivity index (χ2v) is 8.82. The molecule has 0 bridgehead atoms. The summed E-state index contributed by atoms with van der Waals surface area (Å²) in [6.45, 7) is 0.329. The molecule has 7 heteroatoms. The number of carbonyl (C=O) groups is 1. The van der Waals surface area contributed by atoms with E-state index in [1.54, 1.807) is 24.4 Å². The Bertz CT molecular complexity index is 1450. The van der Waals surface area contributed by atoms with Crippen molar-refractivity contribution in [1.82, 2.24) is 4.98 Å². The number of carboxylic acid groups (broad SMARTS) is 1. The Morgan fingerprint density at radius 2 is 2.00 bits per heavy atom. The maximum absolute atomic E-state index is 15.0. The molecule has 176 valence electrons. The van der Waals surface area contributed by atoms with Crippen molar-refractivity contribution in [2.24, 2.45) is 0 Å². The van der Waals surface area contributed by atoms with Gasteiger partial charge in [0.25, 0.3) is 0 Å². The number of fused-ring (bicyclic) bond motifs is 3. The van der Waals surface area contributed by atoms with Crippen molar-refractivity contribution in [1.29, 1.82) is 0 Å². The maximum Gasteiger partial charge on any atom is 0.304 e. The molecule has 1 aliphatic heterocycles. The fourth-order valence-corrected chi connectivity index (χ4v) is 5.01. The summed E-state index contributed by atoms with van der Waals surface area (Å²) in [5.41, 5.74) is 2.90. The lowest BCUT2D eigenvalue weighted by Gasteiger charge is -2.17. The first-order chi connectivity index (χ1) is 17.1. The number of pyridine rings is 1. The monoisotopic (exact) mass is 471 g/mol. The average Bonchev–Trinajstić information content (AvgIpc) is 3.45. The number of aromatic nitrogens is 1. The van der Waals surface area contributed by atoms with Crippen LogP contribution in [0, 0.1) is 5.82 Å².